The zero-order valence-corrected chi connectivity index (χ0v) is 17.6. The SMILES string of the molecule is CCC(CC(c1ccccc1)[Si](C)(C)OC)c1cccc(OS(=O)[O-])c1. The second kappa shape index (κ2) is 9.46. The van der Waals surface area contributed by atoms with Crippen LogP contribution in [-0.4, -0.2) is 24.2 Å². The van der Waals surface area contributed by atoms with Gasteiger partial charge >= 0.3 is 0 Å². The van der Waals surface area contributed by atoms with Crippen LogP contribution in [-0.2, 0) is 15.8 Å². The fourth-order valence-corrected chi connectivity index (χ4v) is 5.76. The van der Waals surface area contributed by atoms with Gasteiger partial charge in [-0.2, -0.15) is 0 Å². The minimum Gasteiger partial charge on any atom is -0.740 e. The maximum Gasteiger partial charge on any atom is 0.193 e. The third-order valence-electron chi connectivity index (χ3n) is 5.07. The Morgan fingerprint density at radius 1 is 1.08 bits per heavy atom. The maximum atomic E-state index is 10.8. The summed E-state index contributed by atoms with van der Waals surface area (Å²) < 4.78 is 32.4. The Hall–Kier alpha value is -1.47. The van der Waals surface area contributed by atoms with E-state index in [-0.39, 0.29) is 0 Å². The number of hydrogen-bond donors (Lipinski definition) is 0. The van der Waals surface area contributed by atoms with Crippen molar-refractivity contribution < 1.29 is 17.4 Å². The van der Waals surface area contributed by atoms with E-state index in [4.69, 9.17) is 8.61 Å². The fraction of sp³-hybridized carbons (Fsp3) is 0.400. The second-order valence-corrected chi connectivity index (χ2v) is 11.9. The summed E-state index contributed by atoms with van der Waals surface area (Å²) >= 11 is -2.56. The van der Waals surface area contributed by atoms with Crippen LogP contribution in [0.3, 0.4) is 0 Å². The third kappa shape index (κ3) is 5.51. The van der Waals surface area contributed by atoms with Crippen LogP contribution in [0.4, 0.5) is 0 Å². The highest BCUT2D eigenvalue weighted by atomic mass is 32.2. The van der Waals surface area contributed by atoms with Gasteiger partial charge in [0.05, 0.1) is 0 Å². The molecule has 3 atom stereocenters. The maximum absolute atomic E-state index is 10.8. The molecule has 0 saturated heterocycles. The van der Waals surface area contributed by atoms with E-state index in [1.165, 1.54) is 5.56 Å². The Bertz CT molecular complexity index is 721. The van der Waals surface area contributed by atoms with Gasteiger partial charge in [-0.1, -0.05) is 49.4 Å². The molecule has 0 aromatic heterocycles. The Balaban J connectivity index is 2.32. The molecule has 6 heteroatoms. The molecule has 0 saturated carbocycles. The molecule has 0 heterocycles. The van der Waals surface area contributed by atoms with Crippen molar-refractivity contribution >= 4 is 19.7 Å². The Morgan fingerprint density at radius 3 is 2.31 bits per heavy atom. The lowest BCUT2D eigenvalue weighted by atomic mass is 9.90. The molecule has 4 nitrogen and oxygen atoms in total. The second-order valence-electron chi connectivity index (χ2n) is 6.97. The summed E-state index contributed by atoms with van der Waals surface area (Å²) in [7, 11) is -0.122. The fourth-order valence-electron chi connectivity index (χ4n) is 3.37. The Morgan fingerprint density at radius 2 is 1.73 bits per heavy atom. The van der Waals surface area contributed by atoms with Gasteiger partial charge in [0, 0.05) is 12.7 Å². The number of rotatable bonds is 9. The van der Waals surface area contributed by atoms with Crippen LogP contribution in [0.25, 0.3) is 0 Å². The normalized spacial score (nSPS) is 15.3. The monoisotopic (exact) mass is 391 g/mol. The van der Waals surface area contributed by atoms with Crippen molar-refractivity contribution in [2.24, 2.45) is 0 Å². The molecule has 0 bridgehead atoms. The van der Waals surface area contributed by atoms with Gasteiger partial charge in [-0.25, -0.2) is 4.21 Å². The molecule has 2 aromatic carbocycles. The van der Waals surface area contributed by atoms with Crippen molar-refractivity contribution in [1.82, 2.24) is 0 Å². The van der Waals surface area contributed by atoms with E-state index >= 15 is 0 Å². The van der Waals surface area contributed by atoms with Crippen LogP contribution < -0.4 is 4.18 Å². The van der Waals surface area contributed by atoms with E-state index in [2.05, 4.69) is 44.3 Å². The quantitative estimate of drug-likeness (QED) is 0.450. The highest BCUT2D eigenvalue weighted by molar-refractivity contribution is 7.74. The average Bonchev–Trinajstić information content (AvgIpc) is 2.63. The summed E-state index contributed by atoms with van der Waals surface area (Å²) in [5.41, 5.74) is 2.74. The first-order valence-corrected chi connectivity index (χ1v) is 12.8. The molecule has 0 fully saturated rings. The molecule has 142 valence electrons. The van der Waals surface area contributed by atoms with Crippen LogP contribution in [0, 0.1) is 0 Å². The van der Waals surface area contributed by atoms with Crippen molar-refractivity contribution in [1.29, 1.82) is 0 Å². The molecule has 2 rings (SSSR count). The van der Waals surface area contributed by atoms with E-state index in [9.17, 15) is 8.76 Å². The lowest BCUT2D eigenvalue weighted by Gasteiger charge is -2.34. The molecule has 26 heavy (non-hydrogen) atoms. The number of benzene rings is 2. The molecule has 0 aliphatic rings. The van der Waals surface area contributed by atoms with E-state index in [0.29, 0.717) is 17.2 Å². The van der Waals surface area contributed by atoms with Gasteiger partial charge < -0.3 is 13.2 Å². The first-order valence-electron chi connectivity index (χ1n) is 8.85. The van der Waals surface area contributed by atoms with E-state index in [1.807, 2.05) is 24.3 Å². The van der Waals surface area contributed by atoms with Crippen LogP contribution in [0.5, 0.6) is 5.75 Å². The smallest absolute Gasteiger partial charge is 0.193 e. The van der Waals surface area contributed by atoms with Crippen molar-refractivity contribution in [3.8, 4) is 5.75 Å². The van der Waals surface area contributed by atoms with Gasteiger partial charge in [-0.15, -0.1) is 0 Å². The minimum absolute atomic E-state index is 0.297. The van der Waals surface area contributed by atoms with Crippen LogP contribution >= 0.6 is 0 Å². The Labute approximate surface area is 160 Å². The predicted molar refractivity (Wildman–Crippen MR) is 107 cm³/mol. The summed E-state index contributed by atoms with van der Waals surface area (Å²) in [6.45, 7) is 6.66. The summed E-state index contributed by atoms with van der Waals surface area (Å²) in [6.07, 6.45) is 1.92. The van der Waals surface area contributed by atoms with Gasteiger partial charge in [0.25, 0.3) is 0 Å². The topological polar surface area (TPSA) is 58.6 Å². The van der Waals surface area contributed by atoms with E-state index in [0.717, 1.165) is 18.4 Å². The van der Waals surface area contributed by atoms with Gasteiger partial charge in [0.1, 0.15) is 17.1 Å². The number of hydrogen-bond acceptors (Lipinski definition) is 4. The average molecular weight is 392 g/mol. The van der Waals surface area contributed by atoms with Gasteiger partial charge in [-0.05, 0) is 55.1 Å². The summed E-state index contributed by atoms with van der Waals surface area (Å²) in [4.78, 5) is 0. The Kier molecular flexibility index (Phi) is 7.58. The molecule has 0 radical (unpaired) electrons. The van der Waals surface area contributed by atoms with Crippen LogP contribution in [0.2, 0.25) is 13.1 Å². The first kappa shape index (κ1) is 20.8. The highest BCUT2D eigenvalue weighted by Crippen LogP contribution is 2.38. The van der Waals surface area contributed by atoms with Crippen molar-refractivity contribution in [2.45, 2.75) is 44.3 Å². The molecule has 0 aliphatic carbocycles. The lowest BCUT2D eigenvalue weighted by molar-refractivity contribution is 0.382. The molecule has 2 aromatic rings. The molecule has 3 unspecified atom stereocenters. The summed E-state index contributed by atoms with van der Waals surface area (Å²) in [6, 6.07) is 17.9. The standard InChI is InChI=1S/C20H28O4SSi/c1-5-16(18-12-9-13-19(14-18)24-25(21)22)15-20(26(3,4)23-2)17-10-7-6-8-11-17/h6-14,16,20H,5,15H2,1-4H3,(H,21,22)/p-1. The molecular formula is C20H27O4SSi-. The van der Waals surface area contributed by atoms with E-state index < -0.39 is 19.7 Å². The largest absolute Gasteiger partial charge is 0.740 e. The van der Waals surface area contributed by atoms with Crippen molar-refractivity contribution in [2.75, 3.05) is 7.11 Å². The van der Waals surface area contributed by atoms with Crippen molar-refractivity contribution in [3.63, 3.8) is 0 Å². The zero-order chi connectivity index (χ0) is 19.2. The van der Waals surface area contributed by atoms with Crippen LogP contribution in [0.15, 0.2) is 54.6 Å². The van der Waals surface area contributed by atoms with E-state index in [1.54, 1.807) is 13.2 Å². The van der Waals surface area contributed by atoms with Gasteiger partial charge in [-0.3, -0.25) is 0 Å². The molecule has 0 amide bonds. The molecular weight excluding hydrogens is 364 g/mol. The highest BCUT2D eigenvalue weighted by Gasteiger charge is 2.35. The third-order valence-corrected chi connectivity index (χ3v) is 8.70. The van der Waals surface area contributed by atoms with Crippen LogP contribution in [0.1, 0.15) is 42.4 Å². The first-order chi connectivity index (χ1) is 12.4. The lowest BCUT2D eigenvalue weighted by Crippen LogP contribution is -2.38. The predicted octanol–water partition coefficient (Wildman–Crippen LogP) is 4.92. The van der Waals surface area contributed by atoms with Crippen molar-refractivity contribution in [3.05, 3.63) is 65.7 Å². The minimum atomic E-state index is -2.56. The summed E-state index contributed by atoms with van der Waals surface area (Å²) in [5, 5.41) is 0. The summed E-state index contributed by atoms with van der Waals surface area (Å²) in [5.74, 6) is 0.652. The molecule has 0 spiro atoms. The molecule has 0 aliphatic heterocycles. The van der Waals surface area contributed by atoms with Gasteiger partial charge in [0.15, 0.2) is 8.32 Å². The van der Waals surface area contributed by atoms with Gasteiger partial charge in [0.2, 0.25) is 0 Å². The molecule has 0 N–H and O–H groups in total. The zero-order valence-electron chi connectivity index (χ0n) is 15.8.